The second kappa shape index (κ2) is 9.21. The maximum atomic E-state index is 13.2. The minimum atomic E-state index is -4.56. The van der Waals surface area contributed by atoms with Crippen LogP contribution in [0, 0.1) is 0 Å². The van der Waals surface area contributed by atoms with Gasteiger partial charge in [0, 0.05) is 23.4 Å². The maximum absolute atomic E-state index is 13.2. The Morgan fingerprint density at radius 2 is 1.96 bits per heavy atom. The van der Waals surface area contributed by atoms with Crippen molar-refractivity contribution in [3.63, 3.8) is 0 Å². The molecule has 0 N–H and O–H groups in total. The Hall–Kier alpha value is -1.83. The predicted molar refractivity (Wildman–Crippen MR) is 98.9 cm³/mol. The Labute approximate surface area is 159 Å². The van der Waals surface area contributed by atoms with Crippen molar-refractivity contribution in [1.29, 1.82) is 0 Å². The summed E-state index contributed by atoms with van der Waals surface area (Å²) < 4.78 is 45.8. The Morgan fingerprint density at radius 1 is 1.19 bits per heavy atom. The summed E-state index contributed by atoms with van der Waals surface area (Å²) in [5.74, 6) is -0.291. The summed E-state index contributed by atoms with van der Waals surface area (Å²) >= 11 is 3.37. The number of hydrogen-bond donors (Lipinski definition) is 0. The number of hydrogen-bond acceptors (Lipinski definition) is 4. The van der Waals surface area contributed by atoms with E-state index in [0.717, 1.165) is 35.6 Å². The van der Waals surface area contributed by atoms with Crippen molar-refractivity contribution < 1.29 is 17.9 Å². The van der Waals surface area contributed by atoms with Crippen molar-refractivity contribution in [1.82, 2.24) is 9.97 Å². The van der Waals surface area contributed by atoms with Crippen LogP contribution in [0.1, 0.15) is 38.2 Å². The maximum Gasteiger partial charge on any atom is 0.423 e. The number of benzene rings is 1. The van der Waals surface area contributed by atoms with Gasteiger partial charge in [-0.25, -0.2) is 4.98 Å². The molecule has 0 amide bonds. The van der Waals surface area contributed by atoms with Crippen molar-refractivity contribution in [2.75, 3.05) is 18.6 Å². The second-order valence-electron chi connectivity index (χ2n) is 5.83. The third-order valence-corrected chi connectivity index (χ3v) is 4.27. The van der Waals surface area contributed by atoms with Crippen molar-refractivity contribution >= 4 is 27.6 Å². The van der Waals surface area contributed by atoms with E-state index in [-0.39, 0.29) is 12.6 Å². The van der Waals surface area contributed by atoms with Crippen molar-refractivity contribution in [2.45, 2.75) is 38.8 Å². The average molecular weight is 432 g/mol. The molecule has 0 saturated heterocycles. The van der Waals surface area contributed by atoms with Crippen molar-refractivity contribution in [3.8, 4) is 5.88 Å². The first-order chi connectivity index (χ1) is 12.3. The van der Waals surface area contributed by atoms with E-state index in [0.29, 0.717) is 6.42 Å². The number of alkyl halides is 3. The monoisotopic (exact) mass is 431 g/mol. The van der Waals surface area contributed by atoms with Crippen LogP contribution < -0.4 is 9.64 Å². The predicted octanol–water partition coefficient (Wildman–Crippen LogP) is 5.98. The molecule has 0 atom stereocenters. The lowest BCUT2D eigenvalue weighted by molar-refractivity contribution is -0.139. The molecule has 4 nitrogen and oxygen atoms in total. The van der Waals surface area contributed by atoms with Gasteiger partial charge in [-0.05, 0) is 24.6 Å². The first kappa shape index (κ1) is 20.5. The van der Waals surface area contributed by atoms with Gasteiger partial charge in [-0.3, -0.25) is 0 Å². The van der Waals surface area contributed by atoms with Crippen LogP contribution in [0.15, 0.2) is 34.9 Å². The molecule has 0 spiro atoms. The summed E-state index contributed by atoms with van der Waals surface area (Å²) in [6.45, 7) is 2.26. The molecule has 142 valence electrons. The summed E-state index contributed by atoms with van der Waals surface area (Å²) in [6, 6.07) is 7.32. The van der Waals surface area contributed by atoms with Gasteiger partial charge in [0.15, 0.2) is 0 Å². The number of nitrogens with zero attached hydrogens (tertiary/aromatic N) is 3. The molecule has 2 aromatic rings. The lowest BCUT2D eigenvalue weighted by Gasteiger charge is -2.20. The summed E-state index contributed by atoms with van der Waals surface area (Å²) in [5.41, 5.74) is -0.215. The Bertz CT molecular complexity index is 725. The zero-order valence-electron chi connectivity index (χ0n) is 14.7. The molecule has 1 heterocycles. The lowest BCUT2D eigenvalue weighted by Crippen LogP contribution is -2.17. The number of unbranched alkanes of at least 4 members (excludes halogenated alkanes) is 3. The highest BCUT2D eigenvalue weighted by Crippen LogP contribution is 2.36. The standard InChI is InChI=1S/C18H21BrF3N3O/c1-3-4-5-6-10-26-16-15(18(20,21)22)12-23-17(24-16)25(2)14-9-7-8-13(19)11-14/h7-9,11-12H,3-6,10H2,1-2H3. The van der Waals surface area contributed by atoms with Gasteiger partial charge in [0.05, 0.1) is 6.61 Å². The van der Waals surface area contributed by atoms with Crippen LogP contribution in [0.2, 0.25) is 0 Å². The van der Waals surface area contributed by atoms with E-state index in [1.807, 2.05) is 24.3 Å². The summed E-state index contributed by atoms with van der Waals surface area (Å²) in [4.78, 5) is 9.50. The van der Waals surface area contributed by atoms with Crippen LogP contribution in [-0.4, -0.2) is 23.6 Å². The number of rotatable bonds is 8. The molecule has 2 rings (SSSR count). The Kier molecular flexibility index (Phi) is 7.25. The van der Waals surface area contributed by atoms with E-state index in [2.05, 4.69) is 32.8 Å². The topological polar surface area (TPSA) is 38.2 Å². The first-order valence-corrected chi connectivity index (χ1v) is 9.18. The van der Waals surface area contributed by atoms with Crippen LogP contribution in [-0.2, 0) is 6.18 Å². The Balaban J connectivity index is 2.24. The van der Waals surface area contributed by atoms with Gasteiger partial charge in [0.25, 0.3) is 0 Å². The van der Waals surface area contributed by atoms with Crippen LogP contribution in [0.3, 0.4) is 0 Å². The zero-order valence-corrected chi connectivity index (χ0v) is 16.3. The molecule has 8 heteroatoms. The molecule has 26 heavy (non-hydrogen) atoms. The van der Waals surface area contributed by atoms with Gasteiger partial charge >= 0.3 is 6.18 Å². The summed E-state index contributed by atoms with van der Waals surface area (Å²) in [5, 5.41) is 0. The van der Waals surface area contributed by atoms with Crippen LogP contribution in [0.25, 0.3) is 0 Å². The normalized spacial score (nSPS) is 11.5. The van der Waals surface area contributed by atoms with E-state index in [4.69, 9.17) is 4.74 Å². The molecule has 0 aliphatic carbocycles. The fourth-order valence-corrected chi connectivity index (χ4v) is 2.71. The van der Waals surface area contributed by atoms with E-state index >= 15 is 0 Å². The van der Waals surface area contributed by atoms with Crippen LogP contribution in [0.4, 0.5) is 24.8 Å². The number of ether oxygens (including phenoxy) is 1. The van der Waals surface area contributed by atoms with Crippen molar-refractivity contribution in [2.24, 2.45) is 0 Å². The van der Waals surface area contributed by atoms with E-state index in [1.54, 1.807) is 11.9 Å². The molecule has 0 aliphatic rings. The van der Waals surface area contributed by atoms with E-state index < -0.39 is 17.6 Å². The minimum absolute atomic E-state index is 0.139. The Morgan fingerprint density at radius 3 is 2.62 bits per heavy atom. The second-order valence-corrected chi connectivity index (χ2v) is 6.75. The fourth-order valence-electron chi connectivity index (χ4n) is 2.32. The van der Waals surface area contributed by atoms with Gasteiger partial charge in [0.2, 0.25) is 11.8 Å². The highest BCUT2D eigenvalue weighted by atomic mass is 79.9. The van der Waals surface area contributed by atoms with Crippen LogP contribution in [0.5, 0.6) is 5.88 Å². The van der Waals surface area contributed by atoms with Gasteiger partial charge in [0.1, 0.15) is 5.56 Å². The molecule has 0 bridgehead atoms. The molecule has 0 fully saturated rings. The van der Waals surface area contributed by atoms with Crippen LogP contribution >= 0.6 is 15.9 Å². The molecule has 0 radical (unpaired) electrons. The third kappa shape index (κ3) is 5.59. The van der Waals surface area contributed by atoms with Gasteiger partial charge in [-0.1, -0.05) is 48.2 Å². The SMILES string of the molecule is CCCCCCOc1nc(N(C)c2cccc(Br)c2)ncc1C(F)(F)F. The number of anilines is 2. The molecule has 1 aromatic carbocycles. The molecule has 0 aliphatic heterocycles. The molecular formula is C18H21BrF3N3O. The minimum Gasteiger partial charge on any atom is -0.477 e. The summed E-state index contributed by atoms with van der Waals surface area (Å²) in [7, 11) is 1.69. The smallest absolute Gasteiger partial charge is 0.423 e. The first-order valence-electron chi connectivity index (χ1n) is 8.39. The van der Waals surface area contributed by atoms with Crippen molar-refractivity contribution in [3.05, 3.63) is 40.5 Å². The molecule has 0 unspecified atom stereocenters. The quantitative estimate of drug-likeness (QED) is 0.481. The highest BCUT2D eigenvalue weighted by molar-refractivity contribution is 9.10. The molecule has 1 aromatic heterocycles. The van der Waals surface area contributed by atoms with E-state index in [1.165, 1.54) is 0 Å². The molecular weight excluding hydrogens is 411 g/mol. The molecule has 0 saturated carbocycles. The van der Waals surface area contributed by atoms with Gasteiger partial charge in [-0.2, -0.15) is 18.2 Å². The van der Waals surface area contributed by atoms with Gasteiger partial charge < -0.3 is 9.64 Å². The fraction of sp³-hybridized carbons (Fsp3) is 0.444. The average Bonchev–Trinajstić information content (AvgIpc) is 2.60. The van der Waals surface area contributed by atoms with Gasteiger partial charge in [-0.15, -0.1) is 0 Å². The lowest BCUT2D eigenvalue weighted by atomic mass is 10.2. The highest BCUT2D eigenvalue weighted by Gasteiger charge is 2.36. The zero-order chi connectivity index (χ0) is 19.2. The summed E-state index contributed by atoms with van der Waals surface area (Å²) in [6.07, 6.45) is -0.122. The number of aromatic nitrogens is 2. The van der Waals surface area contributed by atoms with E-state index in [9.17, 15) is 13.2 Å². The third-order valence-electron chi connectivity index (χ3n) is 3.78. The largest absolute Gasteiger partial charge is 0.477 e. The number of halogens is 4.